The highest BCUT2D eigenvalue weighted by molar-refractivity contribution is 5.48. The second-order valence-corrected chi connectivity index (χ2v) is 11.0. The number of pyridine rings is 1. The molecule has 1 saturated carbocycles. The topological polar surface area (TPSA) is 69.1 Å². The quantitative estimate of drug-likeness (QED) is 0.686. The Hall–Kier alpha value is -2.15. The minimum atomic E-state index is -0.766. The van der Waals surface area contributed by atoms with Gasteiger partial charge in [-0.2, -0.15) is 0 Å². The lowest BCUT2D eigenvalue weighted by Gasteiger charge is -2.61. The molecule has 3 fully saturated rings. The van der Waals surface area contributed by atoms with Crippen LogP contribution in [0.4, 0.5) is 0 Å². The van der Waals surface area contributed by atoms with E-state index in [1.54, 1.807) is 7.11 Å². The van der Waals surface area contributed by atoms with Crippen molar-refractivity contribution in [2.45, 2.75) is 62.0 Å². The monoisotopic (exact) mass is 463 g/mol. The van der Waals surface area contributed by atoms with Crippen LogP contribution < -0.4 is 4.74 Å². The largest absolute Gasteiger partial charge is 0.508 e. The summed E-state index contributed by atoms with van der Waals surface area (Å²) >= 11 is 0. The number of nitrogens with zero attached hydrogens (tertiary/aromatic N) is 3. The second-order valence-electron chi connectivity index (χ2n) is 11.0. The lowest BCUT2D eigenvalue weighted by Crippen LogP contribution is -2.71. The molecular formula is C28H37N3O3. The van der Waals surface area contributed by atoms with E-state index in [1.807, 2.05) is 30.5 Å². The van der Waals surface area contributed by atoms with E-state index < -0.39 is 5.60 Å². The first-order valence-electron chi connectivity index (χ1n) is 13.0. The second kappa shape index (κ2) is 8.51. The number of rotatable bonds is 6. The first-order chi connectivity index (χ1) is 16.5. The van der Waals surface area contributed by atoms with Crippen molar-refractivity contribution in [3.63, 3.8) is 0 Å². The van der Waals surface area contributed by atoms with Crippen LogP contribution in [0.5, 0.6) is 11.5 Å². The number of hydrogen-bond acceptors (Lipinski definition) is 6. The Morgan fingerprint density at radius 1 is 1.12 bits per heavy atom. The maximum atomic E-state index is 12.6. The molecule has 4 aliphatic rings. The Balaban J connectivity index is 1.29. The van der Waals surface area contributed by atoms with Gasteiger partial charge in [0.25, 0.3) is 0 Å². The molecule has 0 amide bonds. The van der Waals surface area contributed by atoms with Gasteiger partial charge < -0.3 is 19.8 Å². The fourth-order valence-corrected chi connectivity index (χ4v) is 7.20. The van der Waals surface area contributed by atoms with Crippen molar-refractivity contribution in [1.82, 2.24) is 14.8 Å². The maximum absolute atomic E-state index is 12.6. The highest BCUT2D eigenvalue weighted by atomic mass is 16.5. The molecule has 2 bridgehead atoms. The number of piperidine rings is 1. The molecule has 3 heterocycles. The van der Waals surface area contributed by atoms with Gasteiger partial charge in [0, 0.05) is 43.7 Å². The molecule has 6 heteroatoms. The van der Waals surface area contributed by atoms with Gasteiger partial charge in [-0.15, -0.1) is 0 Å². The van der Waals surface area contributed by atoms with Crippen molar-refractivity contribution >= 4 is 0 Å². The normalized spacial score (nSPS) is 31.4. The van der Waals surface area contributed by atoms with Gasteiger partial charge in [0.15, 0.2) is 0 Å². The van der Waals surface area contributed by atoms with Crippen molar-refractivity contribution in [1.29, 1.82) is 0 Å². The third-order valence-electron chi connectivity index (χ3n) is 9.26. The van der Waals surface area contributed by atoms with E-state index in [9.17, 15) is 10.2 Å². The zero-order chi connectivity index (χ0) is 23.3. The van der Waals surface area contributed by atoms with Crippen molar-refractivity contribution in [3.8, 4) is 11.5 Å². The Kier molecular flexibility index (Phi) is 5.58. The van der Waals surface area contributed by atoms with Gasteiger partial charge in [-0.25, -0.2) is 0 Å². The summed E-state index contributed by atoms with van der Waals surface area (Å²) in [7, 11) is 1.70. The number of likely N-dealkylation sites (tertiary alicyclic amines) is 2. The van der Waals surface area contributed by atoms with Crippen LogP contribution in [-0.2, 0) is 18.3 Å². The number of ether oxygens (including phenoxy) is 1. The Bertz CT molecular complexity index is 1060. The average Bonchev–Trinajstić information content (AvgIpc) is 3.67. The molecule has 1 aromatic carbocycles. The standard InChI is InChI=1S/C28H37N3O3/c1-34-25-3-2-12-29-24(25)8-13-30-14-9-27-10-16-31(19-20-4-5-20)26(28(27,33)11-15-30)17-21-6-7-22(32)18-23(21)27/h2-3,6-7,12,18,20,26,32-33H,4-5,8-11,13-17,19H2,1H3/t26-,27+,28-/m1/s1. The van der Waals surface area contributed by atoms with Gasteiger partial charge in [0.05, 0.1) is 18.4 Å². The van der Waals surface area contributed by atoms with Crippen LogP contribution in [0.1, 0.15) is 48.9 Å². The summed E-state index contributed by atoms with van der Waals surface area (Å²) in [6, 6.07) is 9.94. The molecule has 2 aliphatic heterocycles. The SMILES string of the molecule is COc1cccnc1CCN1CC[C@]23CCN(CC4CC4)[C@H](Cc4ccc(O)cc42)[C@]3(O)CC1. The zero-order valence-corrected chi connectivity index (χ0v) is 20.2. The number of hydrogen-bond donors (Lipinski definition) is 2. The first-order valence-corrected chi connectivity index (χ1v) is 13.0. The highest BCUT2D eigenvalue weighted by Gasteiger charge is 2.63. The third kappa shape index (κ3) is 3.62. The van der Waals surface area contributed by atoms with E-state index in [-0.39, 0.29) is 11.5 Å². The van der Waals surface area contributed by atoms with Gasteiger partial charge in [0.2, 0.25) is 0 Å². The molecular weight excluding hydrogens is 426 g/mol. The predicted octanol–water partition coefficient (Wildman–Crippen LogP) is 3.14. The van der Waals surface area contributed by atoms with Crippen molar-refractivity contribution in [3.05, 3.63) is 53.3 Å². The van der Waals surface area contributed by atoms with E-state index >= 15 is 0 Å². The number of aromatic hydroxyl groups is 1. The molecule has 182 valence electrons. The van der Waals surface area contributed by atoms with E-state index in [2.05, 4.69) is 20.9 Å². The van der Waals surface area contributed by atoms with Gasteiger partial charge in [-0.1, -0.05) is 6.07 Å². The zero-order valence-electron chi connectivity index (χ0n) is 20.2. The summed E-state index contributed by atoms with van der Waals surface area (Å²) in [5.74, 6) is 1.98. The van der Waals surface area contributed by atoms with Gasteiger partial charge in [-0.05, 0) is 92.9 Å². The molecule has 6 rings (SSSR count). The Morgan fingerprint density at radius 3 is 2.76 bits per heavy atom. The molecule has 2 saturated heterocycles. The lowest BCUT2D eigenvalue weighted by atomic mass is 9.52. The number of aromatic nitrogens is 1. The molecule has 2 aromatic rings. The average molecular weight is 464 g/mol. The first kappa shape index (κ1) is 22.3. The summed E-state index contributed by atoms with van der Waals surface area (Å²) < 4.78 is 5.51. The molecule has 0 radical (unpaired) electrons. The van der Waals surface area contributed by atoms with Gasteiger partial charge in [0.1, 0.15) is 11.5 Å². The van der Waals surface area contributed by atoms with E-state index in [4.69, 9.17) is 4.74 Å². The van der Waals surface area contributed by atoms with Gasteiger partial charge in [-0.3, -0.25) is 9.88 Å². The van der Waals surface area contributed by atoms with Crippen molar-refractivity contribution in [2.75, 3.05) is 39.8 Å². The maximum Gasteiger partial charge on any atom is 0.140 e. The van der Waals surface area contributed by atoms with E-state index in [0.29, 0.717) is 5.75 Å². The smallest absolute Gasteiger partial charge is 0.140 e. The summed E-state index contributed by atoms with van der Waals surface area (Å²) in [6.07, 6.45) is 8.88. The molecule has 2 N–H and O–H groups in total. The molecule has 0 unspecified atom stereocenters. The molecule has 3 atom stereocenters. The molecule has 0 spiro atoms. The minimum Gasteiger partial charge on any atom is -0.508 e. The number of fused-ring (bicyclic) bond motifs is 1. The fraction of sp³-hybridized carbons (Fsp3) is 0.607. The van der Waals surface area contributed by atoms with Crippen LogP contribution in [0.3, 0.4) is 0 Å². The summed E-state index contributed by atoms with van der Waals surface area (Å²) in [5.41, 5.74) is 2.46. The van der Waals surface area contributed by atoms with Crippen LogP contribution >= 0.6 is 0 Å². The number of benzene rings is 1. The predicted molar refractivity (Wildman–Crippen MR) is 131 cm³/mol. The number of phenols is 1. The molecule has 6 nitrogen and oxygen atoms in total. The minimum absolute atomic E-state index is 0.162. The number of aliphatic hydroxyl groups is 1. The third-order valence-corrected chi connectivity index (χ3v) is 9.26. The molecule has 2 aliphatic carbocycles. The molecule has 1 aromatic heterocycles. The summed E-state index contributed by atoms with van der Waals surface area (Å²) in [6.45, 7) is 4.91. The van der Waals surface area contributed by atoms with Crippen molar-refractivity contribution < 1.29 is 14.9 Å². The van der Waals surface area contributed by atoms with Crippen LogP contribution in [0, 0.1) is 5.92 Å². The lowest BCUT2D eigenvalue weighted by molar-refractivity contribution is -0.149. The number of phenolic OH excluding ortho intramolecular Hbond substituents is 1. The Labute approximate surface area is 202 Å². The van der Waals surface area contributed by atoms with E-state index in [1.165, 1.54) is 24.0 Å². The fourth-order valence-electron chi connectivity index (χ4n) is 7.20. The van der Waals surface area contributed by atoms with Gasteiger partial charge >= 0.3 is 0 Å². The number of methoxy groups -OCH3 is 1. The summed E-state index contributed by atoms with van der Waals surface area (Å²) in [5, 5.41) is 23.0. The van der Waals surface area contributed by atoms with Crippen LogP contribution in [-0.4, -0.2) is 76.5 Å². The summed E-state index contributed by atoms with van der Waals surface area (Å²) in [4.78, 5) is 9.66. The van der Waals surface area contributed by atoms with Crippen LogP contribution in [0.2, 0.25) is 0 Å². The van der Waals surface area contributed by atoms with Crippen molar-refractivity contribution in [2.24, 2.45) is 5.92 Å². The van der Waals surface area contributed by atoms with Crippen LogP contribution in [0.15, 0.2) is 36.5 Å². The van der Waals surface area contributed by atoms with Crippen LogP contribution in [0.25, 0.3) is 0 Å². The Morgan fingerprint density at radius 2 is 1.94 bits per heavy atom. The highest BCUT2D eigenvalue weighted by Crippen LogP contribution is 2.56. The van der Waals surface area contributed by atoms with E-state index in [0.717, 1.165) is 82.2 Å². The molecule has 34 heavy (non-hydrogen) atoms.